The molecular weight excluding hydrogens is 338 g/mol. The summed E-state index contributed by atoms with van der Waals surface area (Å²) in [6.45, 7) is 5.14. The highest BCUT2D eigenvalue weighted by Crippen LogP contribution is 2.22. The molecule has 3 heterocycles. The number of aromatic nitrogens is 2. The Morgan fingerprint density at radius 3 is 2.63 bits per heavy atom. The SMILES string of the molecule is Cc1cc(N2CC(=O)N[C@@H](Cc3ccccc3)C2)nc(N2CCCCC2)n1. The van der Waals surface area contributed by atoms with Gasteiger partial charge in [0, 0.05) is 31.4 Å². The van der Waals surface area contributed by atoms with Crippen LogP contribution in [0, 0.1) is 6.92 Å². The van der Waals surface area contributed by atoms with Crippen molar-refractivity contribution in [1.82, 2.24) is 15.3 Å². The van der Waals surface area contributed by atoms with E-state index >= 15 is 0 Å². The molecule has 1 N–H and O–H groups in total. The van der Waals surface area contributed by atoms with Gasteiger partial charge >= 0.3 is 0 Å². The maximum absolute atomic E-state index is 12.3. The van der Waals surface area contributed by atoms with Gasteiger partial charge in [0.2, 0.25) is 11.9 Å². The van der Waals surface area contributed by atoms with E-state index in [-0.39, 0.29) is 11.9 Å². The molecule has 142 valence electrons. The van der Waals surface area contributed by atoms with Gasteiger partial charge in [-0.15, -0.1) is 0 Å². The minimum atomic E-state index is 0.0537. The number of carbonyl (C=O) groups excluding carboxylic acids is 1. The number of benzene rings is 1. The molecule has 2 aromatic rings. The van der Waals surface area contributed by atoms with Crippen molar-refractivity contribution in [2.75, 3.05) is 36.0 Å². The number of aryl methyl sites for hydroxylation is 1. The number of piperidine rings is 1. The van der Waals surface area contributed by atoms with Gasteiger partial charge in [-0.2, -0.15) is 4.98 Å². The van der Waals surface area contributed by atoms with Crippen molar-refractivity contribution < 1.29 is 4.79 Å². The second-order valence-corrected chi connectivity index (χ2v) is 7.55. The van der Waals surface area contributed by atoms with Gasteiger partial charge in [-0.3, -0.25) is 4.79 Å². The second-order valence-electron chi connectivity index (χ2n) is 7.55. The number of nitrogens with zero attached hydrogens (tertiary/aromatic N) is 4. The van der Waals surface area contributed by atoms with Crippen LogP contribution in [0.2, 0.25) is 0 Å². The third-order valence-electron chi connectivity index (χ3n) is 5.26. The van der Waals surface area contributed by atoms with Gasteiger partial charge in [-0.25, -0.2) is 4.98 Å². The molecule has 0 spiro atoms. The minimum Gasteiger partial charge on any atom is -0.350 e. The fourth-order valence-electron chi connectivity index (χ4n) is 3.95. The average Bonchev–Trinajstić information content (AvgIpc) is 2.68. The lowest BCUT2D eigenvalue weighted by Gasteiger charge is -2.35. The number of carbonyl (C=O) groups is 1. The average molecular weight is 365 g/mol. The van der Waals surface area contributed by atoms with Crippen molar-refractivity contribution >= 4 is 17.7 Å². The quantitative estimate of drug-likeness (QED) is 0.901. The van der Waals surface area contributed by atoms with E-state index in [0.29, 0.717) is 6.54 Å². The number of hydrogen-bond donors (Lipinski definition) is 1. The number of amides is 1. The molecule has 2 saturated heterocycles. The fourth-order valence-corrected chi connectivity index (χ4v) is 3.95. The molecule has 27 heavy (non-hydrogen) atoms. The van der Waals surface area contributed by atoms with Crippen molar-refractivity contribution in [3.05, 3.63) is 47.7 Å². The molecule has 2 aliphatic rings. The summed E-state index contributed by atoms with van der Waals surface area (Å²) in [5.74, 6) is 1.71. The predicted octanol–water partition coefficient (Wildman–Crippen LogP) is 2.32. The molecule has 1 atom stereocenters. The first-order chi connectivity index (χ1) is 13.2. The van der Waals surface area contributed by atoms with Gasteiger partial charge in [0.15, 0.2) is 0 Å². The first kappa shape index (κ1) is 17.8. The Labute approximate surface area is 160 Å². The fraction of sp³-hybridized carbons (Fsp3) is 0.476. The molecule has 0 aliphatic carbocycles. The van der Waals surface area contributed by atoms with Crippen LogP contribution in [-0.4, -0.2) is 48.1 Å². The molecule has 0 bridgehead atoms. The van der Waals surface area contributed by atoms with Crippen molar-refractivity contribution in [2.45, 2.75) is 38.6 Å². The van der Waals surface area contributed by atoms with Gasteiger partial charge in [0.1, 0.15) is 5.82 Å². The first-order valence-electron chi connectivity index (χ1n) is 9.86. The monoisotopic (exact) mass is 365 g/mol. The van der Waals surface area contributed by atoms with Gasteiger partial charge in [0.25, 0.3) is 0 Å². The summed E-state index contributed by atoms with van der Waals surface area (Å²) in [6, 6.07) is 12.4. The number of nitrogens with one attached hydrogen (secondary N) is 1. The summed E-state index contributed by atoms with van der Waals surface area (Å²) in [6.07, 6.45) is 4.49. The van der Waals surface area contributed by atoms with E-state index in [1.165, 1.54) is 24.8 Å². The van der Waals surface area contributed by atoms with E-state index in [0.717, 1.165) is 43.5 Å². The number of rotatable bonds is 4. The number of piperazine rings is 1. The highest BCUT2D eigenvalue weighted by molar-refractivity contribution is 5.82. The number of hydrogen-bond acceptors (Lipinski definition) is 5. The standard InChI is InChI=1S/C21H27N5O/c1-16-12-19(24-21(22-16)25-10-6-3-7-11-25)26-14-18(23-20(27)15-26)13-17-8-4-2-5-9-17/h2,4-5,8-9,12,18H,3,6-7,10-11,13-15H2,1H3,(H,23,27)/t18-/m0/s1. The van der Waals surface area contributed by atoms with Crippen LogP contribution < -0.4 is 15.1 Å². The summed E-state index contributed by atoms with van der Waals surface area (Å²) in [5.41, 5.74) is 2.18. The highest BCUT2D eigenvalue weighted by atomic mass is 16.2. The van der Waals surface area contributed by atoms with Crippen LogP contribution >= 0.6 is 0 Å². The Kier molecular flexibility index (Phi) is 5.23. The van der Waals surface area contributed by atoms with Crippen LogP contribution in [0.25, 0.3) is 0 Å². The smallest absolute Gasteiger partial charge is 0.239 e. The van der Waals surface area contributed by atoms with Crippen LogP contribution in [-0.2, 0) is 11.2 Å². The van der Waals surface area contributed by atoms with Crippen molar-refractivity contribution in [3.63, 3.8) is 0 Å². The van der Waals surface area contributed by atoms with E-state index < -0.39 is 0 Å². The van der Waals surface area contributed by atoms with Crippen molar-refractivity contribution in [2.24, 2.45) is 0 Å². The second kappa shape index (κ2) is 7.94. The maximum atomic E-state index is 12.3. The lowest BCUT2D eigenvalue weighted by atomic mass is 10.0. The summed E-state index contributed by atoms with van der Waals surface area (Å²) in [7, 11) is 0. The Balaban J connectivity index is 1.52. The molecule has 2 fully saturated rings. The Morgan fingerprint density at radius 1 is 1.07 bits per heavy atom. The van der Waals surface area contributed by atoms with E-state index in [2.05, 4.69) is 32.2 Å². The molecule has 0 radical (unpaired) electrons. The van der Waals surface area contributed by atoms with Crippen molar-refractivity contribution in [3.8, 4) is 0 Å². The van der Waals surface area contributed by atoms with E-state index in [9.17, 15) is 4.79 Å². The van der Waals surface area contributed by atoms with Crippen LogP contribution in [0.15, 0.2) is 36.4 Å². The Bertz CT molecular complexity index is 788. The highest BCUT2D eigenvalue weighted by Gasteiger charge is 2.26. The Hall–Kier alpha value is -2.63. The Morgan fingerprint density at radius 2 is 1.85 bits per heavy atom. The van der Waals surface area contributed by atoms with Gasteiger partial charge in [-0.1, -0.05) is 30.3 Å². The summed E-state index contributed by atoms with van der Waals surface area (Å²) < 4.78 is 0. The van der Waals surface area contributed by atoms with Crippen LogP contribution in [0.1, 0.15) is 30.5 Å². The van der Waals surface area contributed by atoms with Crippen LogP contribution in [0.5, 0.6) is 0 Å². The first-order valence-corrected chi connectivity index (χ1v) is 9.86. The lowest BCUT2D eigenvalue weighted by Crippen LogP contribution is -2.55. The predicted molar refractivity (Wildman–Crippen MR) is 107 cm³/mol. The molecular formula is C21H27N5O. The van der Waals surface area contributed by atoms with Crippen LogP contribution in [0.3, 0.4) is 0 Å². The van der Waals surface area contributed by atoms with Gasteiger partial charge in [0.05, 0.1) is 12.6 Å². The molecule has 0 saturated carbocycles. The van der Waals surface area contributed by atoms with Gasteiger partial charge < -0.3 is 15.1 Å². The third-order valence-corrected chi connectivity index (χ3v) is 5.26. The third kappa shape index (κ3) is 4.38. The van der Waals surface area contributed by atoms with E-state index in [1.807, 2.05) is 31.2 Å². The molecule has 4 rings (SSSR count). The molecule has 1 aromatic carbocycles. The molecule has 1 aromatic heterocycles. The van der Waals surface area contributed by atoms with Gasteiger partial charge in [-0.05, 0) is 38.2 Å². The zero-order valence-corrected chi connectivity index (χ0v) is 15.9. The number of anilines is 2. The van der Waals surface area contributed by atoms with E-state index in [4.69, 9.17) is 4.98 Å². The summed E-state index contributed by atoms with van der Waals surface area (Å²) >= 11 is 0. The minimum absolute atomic E-state index is 0.0537. The van der Waals surface area contributed by atoms with Crippen molar-refractivity contribution in [1.29, 1.82) is 0 Å². The lowest BCUT2D eigenvalue weighted by molar-refractivity contribution is -0.121. The molecule has 0 unspecified atom stereocenters. The summed E-state index contributed by atoms with van der Waals surface area (Å²) in [5, 5.41) is 3.12. The zero-order valence-electron chi connectivity index (χ0n) is 15.9. The maximum Gasteiger partial charge on any atom is 0.239 e. The summed E-state index contributed by atoms with van der Waals surface area (Å²) in [4.78, 5) is 26.1. The van der Waals surface area contributed by atoms with E-state index in [1.54, 1.807) is 0 Å². The molecule has 2 aliphatic heterocycles. The molecule has 6 nitrogen and oxygen atoms in total. The molecule has 6 heteroatoms. The largest absolute Gasteiger partial charge is 0.350 e. The normalized spacial score (nSPS) is 20.5. The zero-order chi connectivity index (χ0) is 18.6. The molecule has 1 amide bonds. The van der Waals surface area contributed by atoms with Crippen LogP contribution in [0.4, 0.5) is 11.8 Å². The topological polar surface area (TPSA) is 61.4 Å².